The highest BCUT2D eigenvalue weighted by molar-refractivity contribution is 5.98. The molecule has 3 atom stereocenters. The van der Waals surface area contributed by atoms with Crippen molar-refractivity contribution in [1.29, 1.82) is 5.26 Å². The highest BCUT2D eigenvalue weighted by Crippen LogP contribution is 2.19. The van der Waals surface area contributed by atoms with Crippen LogP contribution in [0, 0.1) is 23.2 Å². The van der Waals surface area contributed by atoms with Crippen LogP contribution in [0.2, 0.25) is 0 Å². The molecule has 0 spiro atoms. The molecule has 1 aromatic heterocycles. The lowest BCUT2D eigenvalue weighted by atomic mass is 9.98. The number of carbonyl (C=O) groups is 3. The molecule has 1 aliphatic rings. The largest absolute Gasteiger partial charge is 0.451 e. The molecule has 8 nitrogen and oxygen atoms in total. The minimum absolute atomic E-state index is 0.0959. The van der Waals surface area contributed by atoms with Crippen molar-refractivity contribution in [3.05, 3.63) is 36.1 Å². The predicted octanol–water partition coefficient (Wildman–Crippen LogP) is 2.11. The summed E-state index contributed by atoms with van der Waals surface area (Å²) in [5, 5.41) is 18.4. The zero-order valence-electron chi connectivity index (χ0n) is 17.1. The molecular weight excluding hydrogens is 384 g/mol. The molecule has 2 heterocycles. The van der Waals surface area contributed by atoms with E-state index in [9.17, 15) is 19.6 Å². The molecule has 0 saturated carbocycles. The van der Waals surface area contributed by atoms with Crippen molar-refractivity contribution >= 4 is 28.7 Å². The van der Waals surface area contributed by atoms with Gasteiger partial charge < -0.3 is 20.4 Å². The van der Waals surface area contributed by atoms with Gasteiger partial charge in [-0.25, -0.2) is 0 Å². The van der Waals surface area contributed by atoms with Gasteiger partial charge >= 0.3 is 0 Å². The smallest absolute Gasteiger partial charge is 0.287 e. The Morgan fingerprint density at radius 1 is 1.30 bits per heavy atom. The standard InChI is InChI=1S/C22H26N4O4/c1-13(2)9-17(21(28)25-16(12-23)10-15-7-8-24-20(15)27)26-22(29)19-11-14-5-3-4-6-18(14)30-19/h3-6,11,13,15-17H,7-10H2,1-2H3,(H,24,27)(H,25,28)(H,26,29)/t15?,16?,17-/m0/s1. The summed E-state index contributed by atoms with van der Waals surface area (Å²) >= 11 is 0. The molecule has 30 heavy (non-hydrogen) atoms. The lowest BCUT2D eigenvalue weighted by Gasteiger charge is -2.22. The summed E-state index contributed by atoms with van der Waals surface area (Å²) in [5.74, 6) is -1.06. The normalized spacial score (nSPS) is 17.9. The Kier molecular flexibility index (Phi) is 6.72. The van der Waals surface area contributed by atoms with Crippen molar-refractivity contribution in [2.24, 2.45) is 11.8 Å². The van der Waals surface area contributed by atoms with Gasteiger partial charge in [-0.3, -0.25) is 14.4 Å². The van der Waals surface area contributed by atoms with Crippen LogP contribution in [0.15, 0.2) is 34.7 Å². The van der Waals surface area contributed by atoms with Crippen molar-refractivity contribution in [3.63, 3.8) is 0 Å². The number of fused-ring (bicyclic) bond motifs is 1. The number of hydrogen-bond donors (Lipinski definition) is 3. The van der Waals surface area contributed by atoms with Gasteiger partial charge in [0.1, 0.15) is 17.7 Å². The molecule has 8 heteroatoms. The Balaban J connectivity index is 1.67. The van der Waals surface area contributed by atoms with Gasteiger partial charge in [-0.05, 0) is 37.3 Å². The van der Waals surface area contributed by atoms with E-state index in [-0.39, 0.29) is 29.9 Å². The first-order valence-corrected chi connectivity index (χ1v) is 10.1. The van der Waals surface area contributed by atoms with E-state index in [4.69, 9.17) is 4.42 Å². The van der Waals surface area contributed by atoms with Crippen LogP contribution in [0.3, 0.4) is 0 Å². The SMILES string of the molecule is CC(C)C[C@H](NC(=O)c1cc2ccccc2o1)C(=O)NC(C#N)CC1CCNC1=O. The first-order chi connectivity index (χ1) is 14.4. The summed E-state index contributed by atoms with van der Waals surface area (Å²) in [6, 6.07) is 9.32. The second-order valence-electron chi connectivity index (χ2n) is 8.01. The zero-order chi connectivity index (χ0) is 21.7. The number of nitriles is 1. The fourth-order valence-electron chi connectivity index (χ4n) is 3.60. The highest BCUT2D eigenvalue weighted by Gasteiger charge is 2.30. The van der Waals surface area contributed by atoms with Crippen molar-refractivity contribution < 1.29 is 18.8 Å². The van der Waals surface area contributed by atoms with Crippen LogP contribution in [-0.4, -0.2) is 36.3 Å². The van der Waals surface area contributed by atoms with Gasteiger partial charge in [0.2, 0.25) is 11.8 Å². The first-order valence-electron chi connectivity index (χ1n) is 10.1. The molecule has 1 saturated heterocycles. The van der Waals surface area contributed by atoms with Gasteiger partial charge in [0.05, 0.1) is 6.07 Å². The number of amides is 3. The molecule has 2 unspecified atom stereocenters. The van der Waals surface area contributed by atoms with Crippen LogP contribution in [0.1, 0.15) is 43.7 Å². The van der Waals surface area contributed by atoms with E-state index >= 15 is 0 Å². The van der Waals surface area contributed by atoms with Gasteiger partial charge in [-0.1, -0.05) is 32.0 Å². The highest BCUT2D eigenvalue weighted by atomic mass is 16.3. The Morgan fingerprint density at radius 3 is 2.70 bits per heavy atom. The summed E-state index contributed by atoms with van der Waals surface area (Å²) in [6.45, 7) is 4.47. The van der Waals surface area contributed by atoms with E-state index < -0.39 is 23.9 Å². The van der Waals surface area contributed by atoms with Gasteiger partial charge in [0.15, 0.2) is 5.76 Å². The third-order valence-corrected chi connectivity index (χ3v) is 5.13. The summed E-state index contributed by atoms with van der Waals surface area (Å²) in [7, 11) is 0. The molecule has 3 amide bonds. The predicted molar refractivity (Wildman–Crippen MR) is 110 cm³/mol. The van der Waals surface area contributed by atoms with Crippen LogP contribution in [0.5, 0.6) is 0 Å². The fraction of sp³-hybridized carbons (Fsp3) is 0.455. The van der Waals surface area contributed by atoms with Gasteiger partial charge in [-0.2, -0.15) is 5.26 Å². The van der Waals surface area contributed by atoms with E-state index in [1.54, 1.807) is 12.1 Å². The van der Waals surface area contributed by atoms with E-state index in [2.05, 4.69) is 16.0 Å². The lowest BCUT2D eigenvalue weighted by molar-refractivity contribution is -0.125. The molecule has 158 valence electrons. The van der Waals surface area contributed by atoms with Crippen molar-refractivity contribution in [1.82, 2.24) is 16.0 Å². The maximum Gasteiger partial charge on any atom is 0.287 e. The topological polar surface area (TPSA) is 124 Å². The van der Waals surface area contributed by atoms with E-state index in [1.807, 2.05) is 38.1 Å². The second-order valence-corrected chi connectivity index (χ2v) is 8.01. The number of benzene rings is 1. The number of nitrogens with one attached hydrogen (secondary N) is 3. The molecule has 1 fully saturated rings. The van der Waals surface area contributed by atoms with Gasteiger partial charge in [0, 0.05) is 17.8 Å². The lowest BCUT2D eigenvalue weighted by Crippen LogP contribution is -2.50. The quantitative estimate of drug-likeness (QED) is 0.615. The number of furan rings is 1. The van der Waals surface area contributed by atoms with Crippen LogP contribution >= 0.6 is 0 Å². The maximum absolute atomic E-state index is 12.8. The Morgan fingerprint density at radius 2 is 2.07 bits per heavy atom. The molecule has 2 aromatic rings. The monoisotopic (exact) mass is 410 g/mol. The number of carbonyl (C=O) groups excluding carboxylic acids is 3. The van der Waals surface area contributed by atoms with E-state index in [0.717, 1.165) is 5.39 Å². The molecule has 1 aromatic carbocycles. The second kappa shape index (κ2) is 9.44. The van der Waals surface area contributed by atoms with Crippen LogP contribution in [0.4, 0.5) is 0 Å². The van der Waals surface area contributed by atoms with Crippen molar-refractivity contribution in [2.75, 3.05) is 6.54 Å². The number of hydrogen-bond acceptors (Lipinski definition) is 5. The van der Waals surface area contributed by atoms with E-state index in [1.165, 1.54) is 0 Å². The molecule has 0 bridgehead atoms. The van der Waals surface area contributed by atoms with Crippen molar-refractivity contribution in [2.45, 2.75) is 45.2 Å². The molecule has 0 aliphatic carbocycles. The minimum atomic E-state index is -0.820. The third-order valence-electron chi connectivity index (χ3n) is 5.13. The first kappa shape index (κ1) is 21.4. The van der Waals surface area contributed by atoms with Gasteiger partial charge in [0.25, 0.3) is 5.91 Å². The number of nitrogens with zero attached hydrogens (tertiary/aromatic N) is 1. The third kappa shape index (κ3) is 5.17. The summed E-state index contributed by atoms with van der Waals surface area (Å²) in [5.41, 5.74) is 0.590. The molecular formula is C22H26N4O4. The van der Waals surface area contributed by atoms with Crippen LogP contribution < -0.4 is 16.0 Å². The van der Waals surface area contributed by atoms with Crippen LogP contribution in [-0.2, 0) is 9.59 Å². The summed E-state index contributed by atoms with van der Waals surface area (Å²) in [6.07, 6.45) is 1.30. The Labute approximate surface area is 175 Å². The maximum atomic E-state index is 12.8. The molecule has 3 rings (SSSR count). The average molecular weight is 410 g/mol. The molecule has 3 N–H and O–H groups in total. The Bertz CT molecular complexity index is 942. The average Bonchev–Trinajstić information content (AvgIpc) is 3.32. The Hall–Kier alpha value is -3.34. The summed E-state index contributed by atoms with van der Waals surface area (Å²) < 4.78 is 5.58. The summed E-state index contributed by atoms with van der Waals surface area (Å²) in [4.78, 5) is 37.3. The molecule has 0 radical (unpaired) electrons. The fourth-order valence-corrected chi connectivity index (χ4v) is 3.60. The molecule has 1 aliphatic heterocycles. The zero-order valence-corrected chi connectivity index (χ0v) is 17.1. The number of rotatable bonds is 8. The van der Waals surface area contributed by atoms with Crippen molar-refractivity contribution in [3.8, 4) is 6.07 Å². The van der Waals surface area contributed by atoms with Crippen LogP contribution in [0.25, 0.3) is 11.0 Å². The van der Waals surface area contributed by atoms with E-state index in [0.29, 0.717) is 25.0 Å². The van der Waals surface area contributed by atoms with Gasteiger partial charge in [-0.15, -0.1) is 0 Å². The number of para-hydroxylation sites is 1. The minimum Gasteiger partial charge on any atom is -0.451 e.